The number of rotatable bonds is 6. The molecule has 0 saturated carbocycles. The number of benzene rings is 1. The number of amides is 2. The lowest BCUT2D eigenvalue weighted by Gasteiger charge is -2.18. The smallest absolute Gasteiger partial charge is 0.244 e. The third kappa shape index (κ3) is 5.14. The Labute approximate surface area is 119 Å². The topological polar surface area (TPSA) is 75.4 Å². The summed E-state index contributed by atoms with van der Waals surface area (Å²) in [4.78, 5) is 25.0. The highest BCUT2D eigenvalue weighted by Crippen LogP contribution is 2.06. The van der Waals surface area contributed by atoms with Crippen molar-refractivity contribution >= 4 is 23.6 Å². The molecule has 0 saturated heterocycles. The van der Waals surface area contributed by atoms with E-state index in [1.807, 2.05) is 26.0 Å². The van der Waals surface area contributed by atoms with Crippen LogP contribution in [0.4, 0.5) is 5.69 Å². The molecule has 5 nitrogen and oxygen atoms in total. The number of nitrogens with one attached hydrogen (secondary N) is 1. The van der Waals surface area contributed by atoms with Crippen molar-refractivity contribution in [1.29, 1.82) is 0 Å². The van der Waals surface area contributed by atoms with E-state index in [4.69, 9.17) is 5.73 Å². The Hall–Kier alpha value is -2.30. The first-order valence-electron chi connectivity index (χ1n) is 6.66. The fourth-order valence-electron chi connectivity index (χ4n) is 1.69. The minimum Gasteiger partial charge on any atom is -0.399 e. The first kappa shape index (κ1) is 15.8. The van der Waals surface area contributed by atoms with E-state index in [1.165, 1.54) is 6.08 Å². The number of anilines is 1. The van der Waals surface area contributed by atoms with E-state index in [1.54, 1.807) is 23.1 Å². The average Bonchev–Trinajstić information content (AvgIpc) is 2.45. The summed E-state index contributed by atoms with van der Waals surface area (Å²) in [5.41, 5.74) is 7.13. The summed E-state index contributed by atoms with van der Waals surface area (Å²) in [6, 6.07) is 7.17. The van der Waals surface area contributed by atoms with Crippen LogP contribution >= 0.6 is 0 Å². The van der Waals surface area contributed by atoms with Crippen LogP contribution in [0.25, 0.3) is 6.08 Å². The van der Waals surface area contributed by atoms with Crippen molar-refractivity contribution in [2.75, 3.05) is 25.4 Å². The molecule has 20 heavy (non-hydrogen) atoms. The fourth-order valence-corrected chi connectivity index (χ4v) is 1.69. The standard InChI is InChI=1S/C15H21N3O2/c1-3-18(4-2)15(20)11-17-14(19)10-7-12-5-8-13(16)9-6-12/h5-10H,3-4,11,16H2,1-2H3,(H,17,19)/b10-7+. The fraction of sp³-hybridized carbons (Fsp3) is 0.333. The quantitative estimate of drug-likeness (QED) is 0.606. The first-order chi connectivity index (χ1) is 9.56. The third-order valence-corrected chi connectivity index (χ3v) is 2.89. The number of nitrogens with two attached hydrogens (primary N) is 1. The summed E-state index contributed by atoms with van der Waals surface area (Å²) in [6.45, 7) is 5.13. The van der Waals surface area contributed by atoms with E-state index in [0.717, 1.165) is 5.56 Å². The third-order valence-electron chi connectivity index (χ3n) is 2.89. The maximum absolute atomic E-state index is 11.7. The lowest BCUT2D eigenvalue weighted by atomic mass is 10.2. The number of carbonyl (C=O) groups excluding carboxylic acids is 2. The highest BCUT2D eigenvalue weighted by Gasteiger charge is 2.09. The molecule has 0 atom stereocenters. The molecule has 0 aromatic heterocycles. The van der Waals surface area contributed by atoms with Gasteiger partial charge in [0.1, 0.15) is 0 Å². The van der Waals surface area contributed by atoms with Crippen molar-refractivity contribution in [3.05, 3.63) is 35.9 Å². The molecule has 0 aliphatic carbocycles. The lowest BCUT2D eigenvalue weighted by molar-refractivity contribution is -0.131. The van der Waals surface area contributed by atoms with Gasteiger partial charge in [-0.25, -0.2) is 0 Å². The SMILES string of the molecule is CCN(CC)C(=O)CNC(=O)/C=C/c1ccc(N)cc1. The van der Waals surface area contributed by atoms with Gasteiger partial charge in [0, 0.05) is 24.9 Å². The largest absolute Gasteiger partial charge is 0.399 e. The zero-order chi connectivity index (χ0) is 15.0. The van der Waals surface area contributed by atoms with E-state index < -0.39 is 0 Å². The normalized spacial score (nSPS) is 10.5. The van der Waals surface area contributed by atoms with Crippen molar-refractivity contribution < 1.29 is 9.59 Å². The van der Waals surface area contributed by atoms with Gasteiger partial charge in [-0.15, -0.1) is 0 Å². The van der Waals surface area contributed by atoms with Crippen LogP contribution in [0, 0.1) is 0 Å². The van der Waals surface area contributed by atoms with Crippen molar-refractivity contribution in [3.63, 3.8) is 0 Å². The van der Waals surface area contributed by atoms with Crippen LogP contribution in [0.15, 0.2) is 30.3 Å². The van der Waals surface area contributed by atoms with Gasteiger partial charge in [-0.05, 0) is 37.6 Å². The van der Waals surface area contributed by atoms with Gasteiger partial charge in [-0.1, -0.05) is 12.1 Å². The van der Waals surface area contributed by atoms with E-state index >= 15 is 0 Å². The number of likely N-dealkylation sites (N-methyl/N-ethyl adjacent to an activating group) is 1. The molecule has 1 aromatic rings. The summed E-state index contributed by atoms with van der Waals surface area (Å²) >= 11 is 0. The van der Waals surface area contributed by atoms with Gasteiger partial charge in [0.15, 0.2) is 0 Å². The molecule has 0 aliphatic rings. The number of hydrogen-bond donors (Lipinski definition) is 2. The second kappa shape index (κ2) is 7.99. The maximum atomic E-state index is 11.7. The minimum atomic E-state index is -0.290. The van der Waals surface area contributed by atoms with Crippen molar-refractivity contribution in [2.24, 2.45) is 0 Å². The number of hydrogen-bond acceptors (Lipinski definition) is 3. The average molecular weight is 275 g/mol. The first-order valence-corrected chi connectivity index (χ1v) is 6.66. The van der Waals surface area contributed by atoms with Crippen LogP contribution in [0.5, 0.6) is 0 Å². The summed E-state index contributed by atoms with van der Waals surface area (Å²) in [7, 11) is 0. The zero-order valence-electron chi connectivity index (χ0n) is 11.9. The van der Waals surface area contributed by atoms with Gasteiger partial charge in [0.2, 0.25) is 11.8 Å². The molecule has 2 amide bonds. The molecule has 0 spiro atoms. The predicted octanol–water partition coefficient (Wildman–Crippen LogP) is 1.27. The molecule has 0 fully saturated rings. The van der Waals surface area contributed by atoms with Crippen LogP contribution in [0.3, 0.4) is 0 Å². The lowest BCUT2D eigenvalue weighted by Crippen LogP contribution is -2.39. The van der Waals surface area contributed by atoms with Gasteiger partial charge >= 0.3 is 0 Å². The molecular formula is C15H21N3O2. The highest BCUT2D eigenvalue weighted by molar-refractivity contribution is 5.94. The molecular weight excluding hydrogens is 254 g/mol. The second-order valence-corrected chi connectivity index (χ2v) is 4.28. The maximum Gasteiger partial charge on any atom is 0.244 e. The molecule has 1 aromatic carbocycles. The monoisotopic (exact) mass is 275 g/mol. The second-order valence-electron chi connectivity index (χ2n) is 4.28. The number of carbonyl (C=O) groups is 2. The minimum absolute atomic E-state index is 0.0204. The van der Waals surface area contributed by atoms with E-state index in [0.29, 0.717) is 18.8 Å². The van der Waals surface area contributed by atoms with Crippen LogP contribution in [0.2, 0.25) is 0 Å². The van der Waals surface area contributed by atoms with Crippen molar-refractivity contribution in [2.45, 2.75) is 13.8 Å². The summed E-state index contributed by atoms with van der Waals surface area (Å²) < 4.78 is 0. The Morgan fingerprint density at radius 1 is 1.20 bits per heavy atom. The Kier molecular flexibility index (Phi) is 6.29. The molecule has 1 rings (SSSR count). The number of nitrogen functional groups attached to an aromatic ring is 1. The van der Waals surface area contributed by atoms with Gasteiger partial charge < -0.3 is 16.0 Å². The molecule has 5 heteroatoms. The van der Waals surface area contributed by atoms with Crippen molar-refractivity contribution in [3.8, 4) is 0 Å². The molecule has 0 heterocycles. The molecule has 0 aliphatic heterocycles. The molecule has 3 N–H and O–H groups in total. The molecule has 0 unspecified atom stereocenters. The Morgan fingerprint density at radius 3 is 2.35 bits per heavy atom. The van der Waals surface area contributed by atoms with E-state index in [2.05, 4.69) is 5.32 Å². The predicted molar refractivity (Wildman–Crippen MR) is 80.8 cm³/mol. The van der Waals surface area contributed by atoms with E-state index in [-0.39, 0.29) is 18.4 Å². The van der Waals surface area contributed by atoms with Gasteiger partial charge in [-0.3, -0.25) is 9.59 Å². The number of nitrogens with zero attached hydrogens (tertiary/aromatic N) is 1. The highest BCUT2D eigenvalue weighted by atomic mass is 16.2. The van der Waals surface area contributed by atoms with Crippen molar-refractivity contribution in [1.82, 2.24) is 10.2 Å². The van der Waals surface area contributed by atoms with Crippen LogP contribution in [0.1, 0.15) is 19.4 Å². The van der Waals surface area contributed by atoms with E-state index in [9.17, 15) is 9.59 Å². The Morgan fingerprint density at radius 2 is 1.80 bits per heavy atom. The van der Waals surface area contributed by atoms with Gasteiger partial charge in [0.05, 0.1) is 6.54 Å². The Bertz CT molecular complexity index is 476. The Balaban J connectivity index is 2.44. The molecule has 108 valence electrons. The van der Waals surface area contributed by atoms with Crippen LogP contribution < -0.4 is 11.1 Å². The van der Waals surface area contributed by atoms with Gasteiger partial charge in [0.25, 0.3) is 0 Å². The molecule has 0 radical (unpaired) electrons. The zero-order valence-corrected chi connectivity index (χ0v) is 11.9. The summed E-state index contributed by atoms with van der Waals surface area (Å²) in [5, 5.41) is 2.57. The summed E-state index contributed by atoms with van der Waals surface area (Å²) in [6.07, 6.45) is 3.08. The van der Waals surface area contributed by atoms with Crippen LogP contribution in [-0.2, 0) is 9.59 Å². The van der Waals surface area contributed by atoms with Gasteiger partial charge in [-0.2, -0.15) is 0 Å². The molecule has 0 bridgehead atoms. The van der Waals surface area contributed by atoms with Crippen LogP contribution in [-0.4, -0.2) is 36.3 Å². The summed E-state index contributed by atoms with van der Waals surface area (Å²) in [5.74, 6) is -0.369.